The molecular weight excluding hydrogens is 378 g/mol. The van der Waals surface area contributed by atoms with Crippen LogP contribution in [0.5, 0.6) is 0 Å². The molecule has 0 bridgehead atoms. The van der Waals surface area contributed by atoms with Gasteiger partial charge in [-0.25, -0.2) is 4.99 Å². The molecule has 2 N–H and O–H groups in total. The van der Waals surface area contributed by atoms with Crippen LogP contribution in [0, 0.1) is 0 Å². The van der Waals surface area contributed by atoms with E-state index in [2.05, 4.69) is 23.2 Å². The number of nitrogens with zero attached hydrogens (tertiary/aromatic N) is 2. The van der Waals surface area contributed by atoms with Crippen molar-refractivity contribution in [2.75, 3.05) is 0 Å². The molecule has 3 heterocycles. The molecule has 140 valence electrons. The molecule has 0 saturated carbocycles. The molecule has 29 heavy (non-hydrogen) atoms. The lowest BCUT2D eigenvalue weighted by atomic mass is 9.77. The van der Waals surface area contributed by atoms with E-state index >= 15 is 0 Å². The van der Waals surface area contributed by atoms with Crippen LogP contribution in [0.1, 0.15) is 31.9 Å². The van der Waals surface area contributed by atoms with Crippen molar-refractivity contribution < 1.29 is 4.79 Å². The maximum absolute atomic E-state index is 11.5. The van der Waals surface area contributed by atoms with Gasteiger partial charge in [-0.3, -0.25) is 9.78 Å². The second kappa shape index (κ2) is 6.79. The number of pyridine rings is 1. The molecule has 4 nitrogen and oxygen atoms in total. The molecule has 1 unspecified atom stereocenters. The summed E-state index contributed by atoms with van der Waals surface area (Å²) in [7, 11) is 0. The summed E-state index contributed by atoms with van der Waals surface area (Å²) in [6.45, 7) is 0. The van der Waals surface area contributed by atoms with Crippen molar-refractivity contribution in [3.63, 3.8) is 0 Å². The minimum Gasteiger partial charge on any atom is -0.383 e. The van der Waals surface area contributed by atoms with Gasteiger partial charge in [0.15, 0.2) is 6.29 Å². The number of amidine groups is 1. The largest absolute Gasteiger partial charge is 0.383 e. The molecule has 0 aliphatic carbocycles. The van der Waals surface area contributed by atoms with E-state index in [0.717, 1.165) is 44.5 Å². The van der Waals surface area contributed by atoms with Crippen molar-refractivity contribution in [1.29, 1.82) is 0 Å². The van der Waals surface area contributed by atoms with Gasteiger partial charge in [-0.1, -0.05) is 42.5 Å². The number of benzene rings is 2. The normalized spacial score (nSPS) is 17.6. The quantitative estimate of drug-likeness (QED) is 0.512. The third-order valence-corrected chi connectivity index (χ3v) is 6.21. The van der Waals surface area contributed by atoms with Crippen molar-refractivity contribution in [2.24, 2.45) is 10.7 Å². The van der Waals surface area contributed by atoms with Gasteiger partial charge in [-0.2, -0.15) is 0 Å². The fraction of sp³-hybridized carbons (Fsp3) is 0.0417. The number of carbonyl (C=O) groups is 1. The highest BCUT2D eigenvalue weighted by molar-refractivity contribution is 7.12. The number of hydrogen-bond acceptors (Lipinski definition) is 5. The Labute approximate surface area is 172 Å². The zero-order chi connectivity index (χ0) is 19.8. The van der Waals surface area contributed by atoms with E-state index in [1.54, 1.807) is 12.4 Å². The fourth-order valence-corrected chi connectivity index (χ4v) is 4.80. The first-order valence-electron chi connectivity index (χ1n) is 9.23. The van der Waals surface area contributed by atoms with Crippen LogP contribution in [0.15, 0.2) is 89.5 Å². The number of rotatable bonds is 4. The van der Waals surface area contributed by atoms with Gasteiger partial charge in [0.2, 0.25) is 0 Å². The molecule has 4 aromatic rings. The van der Waals surface area contributed by atoms with Crippen molar-refractivity contribution in [3.05, 3.63) is 112 Å². The van der Waals surface area contributed by atoms with E-state index in [-0.39, 0.29) is 0 Å². The molecule has 5 rings (SSSR count). The molecule has 0 fully saturated rings. The first kappa shape index (κ1) is 17.5. The minimum atomic E-state index is -0.753. The van der Waals surface area contributed by atoms with Crippen molar-refractivity contribution >= 4 is 23.5 Å². The van der Waals surface area contributed by atoms with Gasteiger partial charge in [0.25, 0.3) is 0 Å². The number of thiophene rings is 1. The summed E-state index contributed by atoms with van der Waals surface area (Å²) in [5, 5.41) is 1.94. The van der Waals surface area contributed by atoms with Gasteiger partial charge >= 0.3 is 0 Å². The Morgan fingerprint density at radius 3 is 2.55 bits per heavy atom. The highest BCUT2D eigenvalue weighted by Crippen LogP contribution is 2.46. The number of nitrogens with two attached hydrogens (primary N) is 1. The van der Waals surface area contributed by atoms with Gasteiger partial charge in [-0.15, -0.1) is 11.3 Å². The molecule has 2 aromatic carbocycles. The van der Waals surface area contributed by atoms with Crippen LogP contribution in [0.4, 0.5) is 0 Å². The second-order valence-corrected chi connectivity index (χ2v) is 7.83. The lowest BCUT2D eigenvalue weighted by Crippen LogP contribution is -2.25. The van der Waals surface area contributed by atoms with E-state index in [1.807, 2.05) is 53.9 Å². The van der Waals surface area contributed by atoms with Crippen LogP contribution in [-0.2, 0) is 5.54 Å². The topological polar surface area (TPSA) is 68.3 Å². The smallest absolute Gasteiger partial charge is 0.160 e. The summed E-state index contributed by atoms with van der Waals surface area (Å²) in [5.74, 6) is 0.520. The predicted molar refractivity (Wildman–Crippen MR) is 116 cm³/mol. The molecule has 1 aliphatic heterocycles. The molecule has 0 radical (unpaired) electrons. The number of carbonyl (C=O) groups excluding carboxylic acids is 1. The van der Waals surface area contributed by atoms with E-state index in [9.17, 15) is 4.79 Å². The van der Waals surface area contributed by atoms with Crippen LogP contribution in [0.3, 0.4) is 0 Å². The maximum Gasteiger partial charge on any atom is 0.160 e. The molecule has 5 heteroatoms. The van der Waals surface area contributed by atoms with Crippen LogP contribution >= 0.6 is 11.3 Å². The molecule has 0 amide bonds. The Balaban J connectivity index is 1.79. The number of aromatic nitrogens is 1. The van der Waals surface area contributed by atoms with Crippen molar-refractivity contribution in [1.82, 2.24) is 4.98 Å². The lowest BCUT2D eigenvalue weighted by molar-refractivity contribution is 0.112. The van der Waals surface area contributed by atoms with Crippen LogP contribution in [-0.4, -0.2) is 17.1 Å². The van der Waals surface area contributed by atoms with E-state index in [1.165, 1.54) is 11.3 Å². The van der Waals surface area contributed by atoms with Gasteiger partial charge in [0, 0.05) is 23.5 Å². The molecule has 1 atom stereocenters. The SMILES string of the molecule is NC1=NC(c2ccncc2)(c2cccc(-c3ccsc3C=O)c2)c2ccccc21. The van der Waals surface area contributed by atoms with Gasteiger partial charge in [0.1, 0.15) is 11.4 Å². The van der Waals surface area contributed by atoms with Gasteiger partial charge in [-0.05, 0) is 51.9 Å². The molecule has 1 aliphatic rings. The first-order valence-corrected chi connectivity index (χ1v) is 10.1. The number of hydrogen-bond donors (Lipinski definition) is 1. The van der Waals surface area contributed by atoms with E-state index < -0.39 is 5.54 Å². The summed E-state index contributed by atoms with van der Waals surface area (Å²) in [5.41, 5.74) is 11.5. The monoisotopic (exact) mass is 395 g/mol. The standard InChI is InChI=1S/C24H17N3OS/c25-23-20-6-1-2-7-21(20)24(27-23,17-8-11-26-12-9-17)18-5-3-4-16(14-18)19-10-13-29-22(19)15-28/h1-15H,(H2,25,27). The number of aldehydes is 1. The third-order valence-electron chi connectivity index (χ3n) is 5.37. The minimum absolute atomic E-state index is 0.520. The average molecular weight is 395 g/mol. The zero-order valence-corrected chi connectivity index (χ0v) is 16.3. The Bertz CT molecular complexity index is 1250. The highest BCUT2D eigenvalue weighted by atomic mass is 32.1. The van der Waals surface area contributed by atoms with Gasteiger partial charge in [0.05, 0.1) is 4.88 Å². The van der Waals surface area contributed by atoms with Crippen molar-refractivity contribution in [2.45, 2.75) is 5.54 Å². The third kappa shape index (κ3) is 2.62. The molecular formula is C24H17N3OS. The number of aliphatic imine (C=N–C) groups is 1. The molecule has 0 spiro atoms. The molecule has 2 aromatic heterocycles. The number of fused-ring (bicyclic) bond motifs is 1. The Kier molecular flexibility index (Phi) is 4.11. The summed E-state index contributed by atoms with van der Waals surface area (Å²) in [6, 6.07) is 22.2. The zero-order valence-electron chi connectivity index (χ0n) is 15.4. The van der Waals surface area contributed by atoms with Crippen LogP contribution in [0.25, 0.3) is 11.1 Å². The predicted octanol–water partition coefficient (Wildman–Crippen LogP) is 4.63. The summed E-state index contributed by atoms with van der Waals surface area (Å²) in [4.78, 5) is 21.4. The van der Waals surface area contributed by atoms with Crippen LogP contribution in [0.2, 0.25) is 0 Å². The maximum atomic E-state index is 11.5. The Hall–Kier alpha value is -3.57. The first-order chi connectivity index (χ1) is 14.2. The second-order valence-electron chi connectivity index (χ2n) is 6.89. The van der Waals surface area contributed by atoms with Gasteiger partial charge < -0.3 is 5.73 Å². The van der Waals surface area contributed by atoms with Crippen LogP contribution < -0.4 is 5.73 Å². The highest BCUT2D eigenvalue weighted by Gasteiger charge is 2.42. The van der Waals surface area contributed by atoms with E-state index in [4.69, 9.17) is 10.7 Å². The van der Waals surface area contributed by atoms with E-state index in [0.29, 0.717) is 5.84 Å². The Morgan fingerprint density at radius 1 is 0.897 bits per heavy atom. The molecule has 0 saturated heterocycles. The van der Waals surface area contributed by atoms with Crippen molar-refractivity contribution in [3.8, 4) is 11.1 Å². The fourth-order valence-electron chi connectivity index (χ4n) is 4.09. The summed E-state index contributed by atoms with van der Waals surface area (Å²) >= 11 is 1.44. The lowest BCUT2D eigenvalue weighted by Gasteiger charge is -2.29. The Morgan fingerprint density at radius 2 is 1.72 bits per heavy atom. The average Bonchev–Trinajstić information content (AvgIpc) is 3.38. The summed E-state index contributed by atoms with van der Waals surface area (Å²) in [6.07, 6.45) is 4.46. The summed E-state index contributed by atoms with van der Waals surface area (Å²) < 4.78 is 0.